The first-order chi connectivity index (χ1) is 8.60. The van der Waals surface area contributed by atoms with E-state index in [2.05, 4.69) is 32.0 Å². The molecule has 0 unspecified atom stereocenters. The molecule has 0 saturated heterocycles. The molecule has 2 nitrogen and oxygen atoms in total. The summed E-state index contributed by atoms with van der Waals surface area (Å²) in [6, 6.07) is 8.87. The molecule has 1 aromatic carbocycles. The van der Waals surface area contributed by atoms with Crippen molar-refractivity contribution in [3.05, 3.63) is 29.3 Å². The standard InChI is InChI=1S/C16H21NO/c1-12(2)13-5-6-15(18-3)14(9-13)10-16(11-17)7-4-8-16/h5-6,9,12H,4,7-8,10H2,1-3H3. The van der Waals surface area contributed by atoms with Gasteiger partial charge in [0.15, 0.2) is 0 Å². The number of rotatable bonds is 4. The molecule has 0 radical (unpaired) electrons. The van der Waals surface area contributed by atoms with Crippen LogP contribution in [0.15, 0.2) is 18.2 Å². The van der Waals surface area contributed by atoms with Crippen molar-refractivity contribution >= 4 is 0 Å². The topological polar surface area (TPSA) is 33.0 Å². The van der Waals surface area contributed by atoms with Crippen LogP contribution < -0.4 is 4.74 Å². The average Bonchev–Trinajstić information content (AvgIpc) is 2.33. The average molecular weight is 243 g/mol. The van der Waals surface area contributed by atoms with Gasteiger partial charge in [-0.15, -0.1) is 0 Å². The molecule has 0 amide bonds. The second-order valence-electron chi connectivity index (χ2n) is 5.65. The molecule has 0 N–H and O–H groups in total. The SMILES string of the molecule is COc1ccc(C(C)C)cc1CC1(C#N)CCC1. The van der Waals surface area contributed by atoms with Crippen LogP contribution in [0.25, 0.3) is 0 Å². The van der Waals surface area contributed by atoms with E-state index in [1.807, 2.05) is 6.07 Å². The number of nitrogens with zero attached hydrogens (tertiary/aromatic N) is 1. The van der Waals surface area contributed by atoms with Crippen LogP contribution in [0.1, 0.15) is 50.2 Å². The van der Waals surface area contributed by atoms with Crippen LogP contribution in [-0.4, -0.2) is 7.11 Å². The van der Waals surface area contributed by atoms with E-state index in [9.17, 15) is 5.26 Å². The number of methoxy groups -OCH3 is 1. The maximum Gasteiger partial charge on any atom is 0.122 e. The monoisotopic (exact) mass is 243 g/mol. The second-order valence-corrected chi connectivity index (χ2v) is 5.65. The van der Waals surface area contributed by atoms with Crippen molar-refractivity contribution in [3.8, 4) is 11.8 Å². The molecular weight excluding hydrogens is 222 g/mol. The van der Waals surface area contributed by atoms with E-state index in [4.69, 9.17) is 4.74 Å². The van der Waals surface area contributed by atoms with Crippen molar-refractivity contribution in [2.24, 2.45) is 5.41 Å². The smallest absolute Gasteiger partial charge is 0.122 e. The lowest BCUT2D eigenvalue weighted by atomic mass is 9.66. The first kappa shape index (κ1) is 13.0. The Labute approximate surface area is 110 Å². The summed E-state index contributed by atoms with van der Waals surface area (Å²) in [5.74, 6) is 1.43. The maximum absolute atomic E-state index is 9.35. The molecule has 1 aliphatic rings. The van der Waals surface area contributed by atoms with Gasteiger partial charge in [0.25, 0.3) is 0 Å². The molecule has 96 valence electrons. The molecular formula is C16H21NO. The van der Waals surface area contributed by atoms with Crippen LogP contribution in [0.3, 0.4) is 0 Å². The van der Waals surface area contributed by atoms with E-state index >= 15 is 0 Å². The number of benzene rings is 1. The first-order valence-electron chi connectivity index (χ1n) is 6.68. The van der Waals surface area contributed by atoms with Gasteiger partial charge >= 0.3 is 0 Å². The van der Waals surface area contributed by atoms with Crippen LogP contribution in [0.5, 0.6) is 5.75 Å². The van der Waals surface area contributed by atoms with Gasteiger partial charge in [-0.25, -0.2) is 0 Å². The maximum atomic E-state index is 9.35. The zero-order valence-corrected chi connectivity index (χ0v) is 11.5. The molecule has 18 heavy (non-hydrogen) atoms. The van der Waals surface area contributed by atoms with Crippen molar-refractivity contribution in [1.29, 1.82) is 5.26 Å². The Kier molecular flexibility index (Phi) is 3.61. The van der Waals surface area contributed by atoms with Gasteiger partial charge in [0.05, 0.1) is 18.6 Å². The first-order valence-corrected chi connectivity index (χ1v) is 6.68. The summed E-state index contributed by atoms with van der Waals surface area (Å²) >= 11 is 0. The molecule has 2 heteroatoms. The summed E-state index contributed by atoms with van der Waals surface area (Å²) < 4.78 is 5.43. The second kappa shape index (κ2) is 5.02. The normalized spacial score (nSPS) is 17.1. The summed E-state index contributed by atoms with van der Waals surface area (Å²) in [5.41, 5.74) is 2.37. The third-order valence-corrected chi connectivity index (χ3v) is 4.05. The lowest BCUT2D eigenvalue weighted by molar-refractivity contribution is 0.212. The summed E-state index contributed by atoms with van der Waals surface area (Å²) in [4.78, 5) is 0. The predicted molar refractivity (Wildman–Crippen MR) is 72.7 cm³/mol. The highest BCUT2D eigenvalue weighted by Gasteiger charge is 2.37. The highest BCUT2D eigenvalue weighted by atomic mass is 16.5. The summed E-state index contributed by atoms with van der Waals surface area (Å²) in [7, 11) is 1.70. The van der Waals surface area contributed by atoms with Crippen LogP contribution in [0.2, 0.25) is 0 Å². The van der Waals surface area contributed by atoms with E-state index in [0.717, 1.165) is 25.0 Å². The van der Waals surface area contributed by atoms with Crippen molar-refractivity contribution in [2.45, 2.75) is 45.4 Å². The van der Waals surface area contributed by atoms with Gasteiger partial charge in [0, 0.05) is 0 Å². The van der Waals surface area contributed by atoms with Crippen LogP contribution in [0.4, 0.5) is 0 Å². The Morgan fingerprint density at radius 3 is 2.56 bits per heavy atom. The fourth-order valence-electron chi connectivity index (χ4n) is 2.59. The number of hydrogen-bond donors (Lipinski definition) is 0. The summed E-state index contributed by atoms with van der Waals surface area (Å²) in [6.07, 6.45) is 4.06. The van der Waals surface area contributed by atoms with Gasteiger partial charge < -0.3 is 4.74 Å². The third kappa shape index (κ3) is 2.36. The van der Waals surface area contributed by atoms with Crippen LogP contribution in [0, 0.1) is 16.7 Å². The van der Waals surface area contributed by atoms with Crippen molar-refractivity contribution in [1.82, 2.24) is 0 Å². The minimum atomic E-state index is -0.136. The Morgan fingerprint density at radius 2 is 2.11 bits per heavy atom. The van der Waals surface area contributed by atoms with Gasteiger partial charge in [0.2, 0.25) is 0 Å². The van der Waals surface area contributed by atoms with Gasteiger partial charge in [0.1, 0.15) is 5.75 Å². The quantitative estimate of drug-likeness (QED) is 0.799. The molecule has 1 aromatic rings. The molecule has 0 heterocycles. The Morgan fingerprint density at radius 1 is 1.39 bits per heavy atom. The third-order valence-electron chi connectivity index (χ3n) is 4.05. The van der Waals surface area contributed by atoms with Crippen molar-refractivity contribution < 1.29 is 4.74 Å². The lowest BCUT2D eigenvalue weighted by Gasteiger charge is -2.35. The number of nitriles is 1. The van der Waals surface area contributed by atoms with Gasteiger partial charge in [-0.2, -0.15) is 5.26 Å². The molecule has 0 aromatic heterocycles. The van der Waals surface area contributed by atoms with Crippen molar-refractivity contribution in [3.63, 3.8) is 0 Å². The summed E-state index contributed by atoms with van der Waals surface area (Å²) in [6.45, 7) is 4.38. The zero-order valence-electron chi connectivity index (χ0n) is 11.5. The van der Waals surface area contributed by atoms with Gasteiger partial charge in [-0.05, 0) is 42.4 Å². The lowest BCUT2D eigenvalue weighted by Crippen LogP contribution is -2.30. The minimum Gasteiger partial charge on any atom is -0.496 e. The predicted octanol–water partition coefficient (Wildman–Crippen LogP) is 4.05. The summed E-state index contributed by atoms with van der Waals surface area (Å²) in [5, 5.41) is 9.35. The van der Waals surface area contributed by atoms with E-state index < -0.39 is 0 Å². The molecule has 0 bridgehead atoms. The Bertz CT molecular complexity index is 466. The minimum absolute atomic E-state index is 0.136. The van der Waals surface area contributed by atoms with E-state index in [1.54, 1.807) is 7.11 Å². The Hall–Kier alpha value is -1.49. The fraction of sp³-hybridized carbons (Fsp3) is 0.562. The molecule has 2 rings (SSSR count). The highest BCUT2D eigenvalue weighted by Crippen LogP contribution is 2.44. The van der Waals surface area contributed by atoms with E-state index in [-0.39, 0.29) is 5.41 Å². The van der Waals surface area contributed by atoms with E-state index in [1.165, 1.54) is 17.5 Å². The zero-order chi connectivity index (χ0) is 13.2. The van der Waals surface area contributed by atoms with Crippen LogP contribution >= 0.6 is 0 Å². The highest BCUT2D eigenvalue weighted by molar-refractivity contribution is 5.40. The van der Waals surface area contributed by atoms with Gasteiger partial charge in [-0.1, -0.05) is 32.4 Å². The Balaban J connectivity index is 2.30. The van der Waals surface area contributed by atoms with Crippen molar-refractivity contribution in [2.75, 3.05) is 7.11 Å². The molecule has 1 fully saturated rings. The molecule has 0 spiro atoms. The number of hydrogen-bond acceptors (Lipinski definition) is 2. The molecule has 1 saturated carbocycles. The molecule has 0 atom stereocenters. The molecule has 0 aliphatic heterocycles. The molecule has 1 aliphatic carbocycles. The van der Waals surface area contributed by atoms with Gasteiger partial charge in [-0.3, -0.25) is 0 Å². The largest absolute Gasteiger partial charge is 0.496 e. The van der Waals surface area contributed by atoms with Crippen LogP contribution in [-0.2, 0) is 6.42 Å². The fourth-order valence-corrected chi connectivity index (χ4v) is 2.59. The van der Waals surface area contributed by atoms with E-state index in [0.29, 0.717) is 5.92 Å². The number of ether oxygens (including phenoxy) is 1.